The number of hydrogen-bond donors (Lipinski definition) is 1. The van der Waals surface area contributed by atoms with Gasteiger partial charge in [-0.05, 0) is 38.9 Å². The van der Waals surface area contributed by atoms with Crippen LogP contribution < -0.4 is 5.32 Å². The van der Waals surface area contributed by atoms with E-state index in [-0.39, 0.29) is 0 Å². The van der Waals surface area contributed by atoms with E-state index in [0.717, 1.165) is 31.1 Å². The Morgan fingerprint density at radius 1 is 1.56 bits per heavy atom. The Balaban J connectivity index is 2.24. The largest absolute Gasteiger partial charge is 0.382 e. The van der Waals surface area contributed by atoms with Gasteiger partial charge in [0.25, 0.3) is 0 Å². The molecule has 1 N–H and O–H groups in total. The fourth-order valence-corrected chi connectivity index (χ4v) is 2.22. The lowest BCUT2D eigenvalue weighted by Gasteiger charge is -2.11. The molecule has 0 radical (unpaired) electrons. The minimum absolute atomic E-state index is 0.314. The fraction of sp³-hybridized carbons (Fsp3) is 0.583. The normalized spacial score (nSPS) is 12.3. The van der Waals surface area contributed by atoms with E-state index in [1.54, 1.807) is 11.3 Å². The minimum Gasteiger partial charge on any atom is -0.382 e. The van der Waals surface area contributed by atoms with Gasteiger partial charge in [0, 0.05) is 24.1 Å². The van der Waals surface area contributed by atoms with Gasteiger partial charge in [0.2, 0.25) is 0 Å². The zero-order valence-corrected chi connectivity index (χ0v) is 10.6. The Labute approximate surface area is 101 Å². The van der Waals surface area contributed by atoms with Crippen LogP contribution in [0, 0.1) is 11.3 Å². The van der Waals surface area contributed by atoms with Gasteiger partial charge >= 0.3 is 0 Å². The van der Waals surface area contributed by atoms with Crippen molar-refractivity contribution in [3.05, 3.63) is 21.9 Å². The van der Waals surface area contributed by atoms with Crippen molar-refractivity contribution in [2.45, 2.75) is 26.3 Å². The predicted octanol–water partition coefficient (Wildman–Crippen LogP) is 2.70. The monoisotopic (exact) mass is 238 g/mol. The Hall–Kier alpha value is -0.890. The maximum absolute atomic E-state index is 8.73. The van der Waals surface area contributed by atoms with Gasteiger partial charge in [-0.15, -0.1) is 11.3 Å². The van der Waals surface area contributed by atoms with E-state index in [2.05, 4.69) is 18.3 Å². The zero-order chi connectivity index (χ0) is 11.8. The molecule has 0 aliphatic carbocycles. The first-order chi connectivity index (χ1) is 7.77. The van der Waals surface area contributed by atoms with Gasteiger partial charge in [0.1, 0.15) is 10.9 Å². The minimum atomic E-state index is 0.314. The van der Waals surface area contributed by atoms with E-state index in [1.165, 1.54) is 4.88 Å². The molecule has 0 aliphatic heterocycles. The fourth-order valence-electron chi connectivity index (χ4n) is 1.38. The van der Waals surface area contributed by atoms with Crippen LogP contribution in [0.4, 0.5) is 0 Å². The van der Waals surface area contributed by atoms with Crippen LogP contribution in [0.25, 0.3) is 0 Å². The van der Waals surface area contributed by atoms with Gasteiger partial charge in [-0.3, -0.25) is 0 Å². The van der Waals surface area contributed by atoms with E-state index in [9.17, 15) is 0 Å². The second kappa shape index (κ2) is 7.39. The second-order valence-electron chi connectivity index (χ2n) is 3.54. The van der Waals surface area contributed by atoms with E-state index in [1.807, 2.05) is 19.1 Å². The summed E-state index contributed by atoms with van der Waals surface area (Å²) in [5.74, 6) is 0. The lowest BCUT2D eigenvalue weighted by atomic mass is 10.2. The summed E-state index contributed by atoms with van der Waals surface area (Å²) in [7, 11) is 0. The molecule has 4 heteroatoms. The summed E-state index contributed by atoms with van der Waals surface area (Å²) in [6.07, 6.45) is 1.02. The van der Waals surface area contributed by atoms with Crippen LogP contribution in [0.3, 0.4) is 0 Å². The first-order valence-corrected chi connectivity index (χ1v) is 6.40. The molecule has 0 saturated heterocycles. The van der Waals surface area contributed by atoms with Crippen molar-refractivity contribution in [1.82, 2.24) is 5.32 Å². The molecule has 0 spiro atoms. The molecule has 0 amide bonds. The second-order valence-corrected chi connectivity index (χ2v) is 4.66. The molecule has 1 atom stereocenters. The quantitative estimate of drug-likeness (QED) is 0.743. The van der Waals surface area contributed by atoms with Crippen molar-refractivity contribution in [1.29, 1.82) is 5.26 Å². The highest BCUT2D eigenvalue weighted by Crippen LogP contribution is 2.22. The lowest BCUT2D eigenvalue weighted by molar-refractivity contribution is 0.144. The van der Waals surface area contributed by atoms with Crippen LogP contribution in [-0.4, -0.2) is 19.8 Å². The maximum Gasteiger partial charge on any atom is 0.110 e. The van der Waals surface area contributed by atoms with E-state index in [0.29, 0.717) is 6.04 Å². The van der Waals surface area contributed by atoms with Crippen LogP contribution in [0.1, 0.15) is 36.1 Å². The van der Waals surface area contributed by atoms with E-state index < -0.39 is 0 Å². The molecular formula is C12H18N2OS. The Morgan fingerprint density at radius 2 is 2.38 bits per heavy atom. The van der Waals surface area contributed by atoms with Gasteiger partial charge in [-0.25, -0.2) is 0 Å². The number of nitriles is 1. The van der Waals surface area contributed by atoms with Gasteiger partial charge < -0.3 is 10.1 Å². The Bertz CT molecular complexity index is 343. The van der Waals surface area contributed by atoms with Crippen LogP contribution in [0.15, 0.2) is 12.1 Å². The molecule has 0 saturated carbocycles. The summed E-state index contributed by atoms with van der Waals surface area (Å²) in [5.41, 5.74) is 0. The molecule has 88 valence electrons. The SMILES string of the molecule is CCOCCCNC(C)c1ccc(C#N)s1. The van der Waals surface area contributed by atoms with Crippen molar-refractivity contribution >= 4 is 11.3 Å². The average Bonchev–Trinajstić information content (AvgIpc) is 2.77. The van der Waals surface area contributed by atoms with Crippen LogP contribution in [0.2, 0.25) is 0 Å². The first kappa shape index (κ1) is 13.2. The van der Waals surface area contributed by atoms with Crippen LogP contribution in [-0.2, 0) is 4.74 Å². The highest BCUT2D eigenvalue weighted by molar-refractivity contribution is 7.12. The molecule has 16 heavy (non-hydrogen) atoms. The average molecular weight is 238 g/mol. The molecule has 1 aromatic heterocycles. The zero-order valence-electron chi connectivity index (χ0n) is 9.82. The molecule has 0 aliphatic rings. The highest BCUT2D eigenvalue weighted by atomic mass is 32.1. The van der Waals surface area contributed by atoms with Crippen molar-refractivity contribution < 1.29 is 4.74 Å². The van der Waals surface area contributed by atoms with Gasteiger partial charge in [-0.1, -0.05) is 0 Å². The molecule has 1 rings (SSSR count). The molecule has 0 aromatic carbocycles. The van der Waals surface area contributed by atoms with Crippen molar-refractivity contribution in [2.75, 3.05) is 19.8 Å². The summed E-state index contributed by atoms with van der Waals surface area (Å²) in [6.45, 7) is 6.66. The number of hydrogen-bond acceptors (Lipinski definition) is 4. The first-order valence-electron chi connectivity index (χ1n) is 5.59. The third kappa shape index (κ3) is 4.31. The van der Waals surface area contributed by atoms with Crippen molar-refractivity contribution in [3.8, 4) is 6.07 Å². The van der Waals surface area contributed by atoms with Gasteiger partial charge in [0.05, 0.1) is 0 Å². The standard InChI is InChI=1S/C12H18N2OS/c1-3-15-8-4-7-14-10(2)12-6-5-11(9-13)16-12/h5-6,10,14H,3-4,7-8H2,1-2H3. The summed E-state index contributed by atoms with van der Waals surface area (Å²) in [4.78, 5) is 1.99. The molecular weight excluding hydrogens is 220 g/mol. The topological polar surface area (TPSA) is 45.0 Å². The molecule has 0 fully saturated rings. The summed E-state index contributed by atoms with van der Waals surface area (Å²) < 4.78 is 5.26. The Kier molecular flexibility index (Phi) is 6.09. The van der Waals surface area contributed by atoms with Gasteiger partial charge in [-0.2, -0.15) is 5.26 Å². The predicted molar refractivity (Wildman–Crippen MR) is 66.6 cm³/mol. The maximum atomic E-state index is 8.73. The van der Waals surface area contributed by atoms with Gasteiger partial charge in [0.15, 0.2) is 0 Å². The van der Waals surface area contributed by atoms with Crippen molar-refractivity contribution in [3.63, 3.8) is 0 Å². The number of rotatable bonds is 7. The van der Waals surface area contributed by atoms with Crippen LogP contribution in [0.5, 0.6) is 0 Å². The third-order valence-corrected chi connectivity index (χ3v) is 3.46. The highest BCUT2D eigenvalue weighted by Gasteiger charge is 2.07. The summed E-state index contributed by atoms with van der Waals surface area (Å²) in [5, 5.41) is 12.1. The number of nitrogens with zero attached hydrogens (tertiary/aromatic N) is 1. The molecule has 1 heterocycles. The molecule has 3 nitrogen and oxygen atoms in total. The number of nitrogens with one attached hydrogen (secondary N) is 1. The molecule has 0 bridgehead atoms. The molecule has 1 aromatic rings. The summed E-state index contributed by atoms with van der Waals surface area (Å²) in [6, 6.07) is 6.36. The Morgan fingerprint density at radius 3 is 3.00 bits per heavy atom. The number of ether oxygens (including phenoxy) is 1. The van der Waals surface area contributed by atoms with E-state index >= 15 is 0 Å². The smallest absolute Gasteiger partial charge is 0.110 e. The third-order valence-electron chi connectivity index (χ3n) is 2.28. The summed E-state index contributed by atoms with van der Waals surface area (Å²) >= 11 is 1.55. The lowest BCUT2D eigenvalue weighted by Crippen LogP contribution is -2.20. The van der Waals surface area contributed by atoms with Crippen LogP contribution >= 0.6 is 11.3 Å². The molecule has 1 unspecified atom stereocenters. The van der Waals surface area contributed by atoms with Crippen molar-refractivity contribution in [2.24, 2.45) is 0 Å². The van der Waals surface area contributed by atoms with E-state index in [4.69, 9.17) is 10.00 Å². The number of thiophene rings is 1.